The van der Waals surface area contributed by atoms with Crippen LogP contribution in [0.3, 0.4) is 0 Å². The number of hydrogen-bond donors (Lipinski definition) is 2. The van der Waals surface area contributed by atoms with E-state index in [1.54, 1.807) is 31.4 Å². The van der Waals surface area contributed by atoms with Gasteiger partial charge in [0.25, 0.3) is 0 Å². The zero-order chi connectivity index (χ0) is 14.5. The van der Waals surface area contributed by atoms with Crippen LogP contribution >= 0.6 is 15.9 Å². The minimum Gasteiger partial charge on any atom is -0.496 e. The number of ether oxygens (including phenoxy) is 1. The molecule has 2 N–H and O–H groups in total. The Bertz CT molecular complexity index is 604. The summed E-state index contributed by atoms with van der Waals surface area (Å²) in [4.78, 5) is 0. The Morgan fingerprint density at radius 2 is 2.00 bits per heavy atom. The summed E-state index contributed by atoms with van der Waals surface area (Å²) >= 11 is 3.32. The summed E-state index contributed by atoms with van der Waals surface area (Å²) in [5.41, 5.74) is 2.06. The number of aliphatic hydroxyl groups excluding tert-OH is 1. The van der Waals surface area contributed by atoms with Crippen LogP contribution in [0.1, 0.15) is 11.1 Å². The fourth-order valence-electron chi connectivity index (χ4n) is 1.89. The van der Waals surface area contributed by atoms with Gasteiger partial charge in [0.1, 0.15) is 11.6 Å². The molecule has 20 heavy (non-hydrogen) atoms. The Morgan fingerprint density at radius 3 is 2.70 bits per heavy atom. The van der Waals surface area contributed by atoms with Gasteiger partial charge in [-0.05, 0) is 36.4 Å². The summed E-state index contributed by atoms with van der Waals surface area (Å²) in [6, 6.07) is 10.2. The van der Waals surface area contributed by atoms with Crippen molar-refractivity contribution in [1.82, 2.24) is 0 Å². The molecule has 0 atom stereocenters. The monoisotopic (exact) mass is 339 g/mol. The fourth-order valence-corrected chi connectivity index (χ4v) is 2.30. The highest BCUT2D eigenvalue weighted by Gasteiger charge is 2.05. The normalized spacial score (nSPS) is 10.4. The van der Waals surface area contributed by atoms with Crippen molar-refractivity contribution in [2.75, 3.05) is 12.4 Å². The lowest BCUT2D eigenvalue weighted by Crippen LogP contribution is -2.03. The van der Waals surface area contributed by atoms with E-state index in [1.165, 1.54) is 6.07 Å². The van der Waals surface area contributed by atoms with Crippen molar-refractivity contribution in [1.29, 1.82) is 0 Å². The maximum Gasteiger partial charge on any atom is 0.128 e. The number of methoxy groups -OCH3 is 1. The summed E-state index contributed by atoms with van der Waals surface area (Å²) in [6.07, 6.45) is 0. The molecule has 0 fully saturated rings. The van der Waals surface area contributed by atoms with E-state index in [9.17, 15) is 9.50 Å². The van der Waals surface area contributed by atoms with Crippen LogP contribution in [-0.2, 0) is 13.2 Å². The Morgan fingerprint density at radius 1 is 1.20 bits per heavy atom. The second-order valence-electron chi connectivity index (χ2n) is 4.27. The number of benzene rings is 2. The summed E-state index contributed by atoms with van der Waals surface area (Å²) in [5, 5.41) is 12.4. The largest absolute Gasteiger partial charge is 0.496 e. The van der Waals surface area contributed by atoms with Crippen molar-refractivity contribution in [2.45, 2.75) is 13.2 Å². The Hall–Kier alpha value is -1.59. The molecular weight excluding hydrogens is 325 g/mol. The minimum absolute atomic E-state index is 0.107. The van der Waals surface area contributed by atoms with Gasteiger partial charge < -0.3 is 15.2 Å². The molecule has 2 aromatic rings. The average Bonchev–Trinajstić information content (AvgIpc) is 2.47. The van der Waals surface area contributed by atoms with Crippen LogP contribution in [0.2, 0.25) is 0 Å². The first-order valence-electron chi connectivity index (χ1n) is 6.09. The predicted molar refractivity (Wildman–Crippen MR) is 80.3 cm³/mol. The van der Waals surface area contributed by atoms with E-state index in [0.717, 1.165) is 10.2 Å². The molecule has 5 heteroatoms. The number of halogens is 2. The molecule has 0 spiro atoms. The van der Waals surface area contributed by atoms with Gasteiger partial charge in [0.2, 0.25) is 0 Å². The lowest BCUT2D eigenvalue weighted by atomic mass is 10.1. The third-order valence-electron chi connectivity index (χ3n) is 2.94. The molecule has 106 valence electrons. The highest BCUT2D eigenvalue weighted by Crippen LogP contribution is 2.23. The number of nitrogens with one attached hydrogen (secondary N) is 1. The van der Waals surface area contributed by atoms with Crippen molar-refractivity contribution in [3.05, 3.63) is 57.8 Å². The third kappa shape index (κ3) is 3.49. The lowest BCUT2D eigenvalue weighted by Gasteiger charge is -2.11. The number of aliphatic hydroxyl groups is 1. The molecule has 0 aliphatic carbocycles. The SMILES string of the molecule is COc1ccc(NCc2cc(Br)ccc2F)cc1CO. The molecule has 0 saturated carbocycles. The fraction of sp³-hybridized carbons (Fsp3) is 0.200. The number of anilines is 1. The van der Waals surface area contributed by atoms with Gasteiger partial charge in [-0.3, -0.25) is 0 Å². The molecule has 0 bridgehead atoms. The van der Waals surface area contributed by atoms with Crippen molar-refractivity contribution in [3.8, 4) is 5.75 Å². The van der Waals surface area contributed by atoms with Gasteiger partial charge in [-0.25, -0.2) is 4.39 Å². The molecule has 0 aliphatic heterocycles. The van der Waals surface area contributed by atoms with Gasteiger partial charge in [0.05, 0.1) is 13.7 Å². The Kier molecular flexibility index (Phi) is 4.98. The van der Waals surface area contributed by atoms with E-state index in [2.05, 4.69) is 21.2 Å². The second-order valence-corrected chi connectivity index (χ2v) is 5.19. The average molecular weight is 340 g/mol. The Balaban J connectivity index is 2.12. The van der Waals surface area contributed by atoms with E-state index < -0.39 is 0 Å². The highest BCUT2D eigenvalue weighted by atomic mass is 79.9. The molecule has 0 aromatic heterocycles. The van der Waals surface area contributed by atoms with Crippen LogP contribution in [0.25, 0.3) is 0 Å². The van der Waals surface area contributed by atoms with E-state index in [-0.39, 0.29) is 12.4 Å². The van der Waals surface area contributed by atoms with E-state index in [1.807, 2.05) is 6.07 Å². The van der Waals surface area contributed by atoms with Crippen LogP contribution in [0.4, 0.5) is 10.1 Å². The first-order chi connectivity index (χ1) is 9.63. The molecule has 3 nitrogen and oxygen atoms in total. The predicted octanol–water partition coefficient (Wildman–Crippen LogP) is 3.70. The lowest BCUT2D eigenvalue weighted by molar-refractivity contribution is 0.274. The quantitative estimate of drug-likeness (QED) is 0.872. The van der Waals surface area contributed by atoms with Crippen molar-refractivity contribution in [3.63, 3.8) is 0 Å². The van der Waals surface area contributed by atoms with E-state index in [0.29, 0.717) is 23.4 Å². The second kappa shape index (κ2) is 6.72. The standard InChI is InChI=1S/C15H15BrFNO2/c1-20-15-5-3-13(7-11(15)9-19)18-8-10-6-12(16)2-4-14(10)17/h2-7,18-19H,8-9H2,1H3. The maximum atomic E-state index is 13.6. The topological polar surface area (TPSA) is 41.5 Å². The molecule has 2 aromatic carbocycles. The highest BCUT2D eigenvalue weighted by molar-refractivity contribution is 9.10. The molecule has 0 radical (unpaired) electrons. The summed E-state index contributed by atoms with van der Waals surface area (Å²) < 4.78 is 19.6. The Labute approximate surface area is 125 Å². The third-order valence-corrected chi connectivity index (χ3v) is 3.43. The van der Waals surface area contributed by atoms with Gasteiger partial charge in [-0.2, -0.15) is 0 Å². The van der Waals surface area contributed by atoms with Crippen LogP contribution in [0.5, 0.6) is 5.75 Å². The van der Waals surface area contributed by atoms with Crippen LogP contribution in [0, 0.1) is 5.82 Å². The number of rotatable bonds is 5. The van der Waals surface area contributed by atoms with Crippen LogP contribution < -0.4 is 10.1 Å². The molecule has 0 saturated heterocycles. The van der Waals surface area contributed by atoms with E-state index in [4.69, 9.17) is 4.74 Å². The zero-order valence-electron chi connectivity index (χ0n) is 11.0. The van der Waals surface area contributed by atoms with Gasteiger partial charge in [-0.15, -0.1) is 0 Å². The minimum atomic E-state index is -0.253. The molecular formula is C15H15BrFNO2. The molecule has 0 unspecified atom stereocenters. The van der Waals surface area contributed by atoms with Crippen molar-refractivity contribution >= 4 is 21.6 Å². The van der Waals surface area contributed by atoms with Crippen LogP contribution in [-0.4, -0.2) is 12.2 Å². The first-order valence-corrected chi connectivity index (χ1v) is 6.89. The summed E-state index contributed by atoms with van der Waals surface area (Å²) in [6.45, 7) is 0.256. The molecule has 2 rings (SSSR count). The van der Waals surface area contributed by atoms with Gasteiger partial charge >= 0.3 is 0 Å². The zero-order valence-corrected chi connectivity index (χ0v) is 12.6. The van der Waals surface area contributed by atoms with Gasteiger partial charge in [0, 0.05) is 27.8 Å². The van der Waals surface area contributed by atoms with Crippen LogP contribution in [0.15, 0.2) is 40.9 Å². The smallest absolute Gasteiger partial charge is 0.128 e. The summed E-state index contributed by atoms with van der Waals surface area (Å²) in [7, 11) is 1.55. The van der Waals surface area contributed by atoms with Gasteiger partial charge in [0.15, 0.2) is 0 Å². The first kappa shape index (κ1) is 14.8. The molecule has 0 amide bonds. The molecule has 0 heterocycles. The van der Waals surface area contributed by atoms with E-state index >= 15 is 0 Å². The van der Waals surface area contributed by atoms with Gasteiger partial charge in [-0.1, -0.05) is 15.9 Å². The molecule has 0 aliphatic rings. The van der Waals surface area contributed by atoms with Crippen molar-refractivity contribution in [2.24, 2.45) is 0 Å². The maximum absolute atomic E-state index is 13.6. The van der Waals surface area contributed by atoms with Crippen molar-refractivity contribution < 1.29 is 14.2 Å². The summed E-state index contributed by atoms with van der Waals surface area (Å²) in [5.74, 6) is 0.378. The number of hydrogen-bond acceptors (Lipinski definition) is 3.